The van der Waals surface area contributed by atoms with Gasteiger partial charge in [0.1, 0.15) is 0 Å². The molecule has 1 rings (SSSR count). The molecule has 17 heavy (non-hydrogen) atoms. The van der Waals surface area contributed by atoms with E-state index < -0.39 is 7.49 Å². The second kappa shape index (κ2) is 5.69. The first-order valence-electron chi connectivity index (χ1n) is 6.30. The van der Waals surface area contributed by atoms with Crippen molar-refractivity contribution in [2.75, 3.05) is 12.3 Å². The maximum atomic E-state index is 6.42. The van der Waals surface area contributed by atoms with Crippen molar-refractivity contribution in [3.05, 3.63) is 43.0 Å². The third-order valence-electron chi connectivity index (χ3n) is 3.47. The zero-order valence-electron chi connectivity index (χ0n) is 11.5. The molecule has 0 fully saturated rings. The molecule has 0 aliphatic carbocycles. The number of hydrogen-bond acceptors (Lipinski definition) is 1. The molecule has 0 saturated carbocycles. The molecule has 0 unspecified atom stereocenters. The van der Waals surface area contributed by atoms with E-state index in [9.17, 15) is 0 Å². The Morgan fingerprint density at radius 3 is 2.24 bits per heavy atom. The zero-order valence-corrected chi connectivity index (χ0v) is 12.5. The van der Waals surface area contributed by atoms with Gasteiger partial charge >= 0.3 is 106 Å². The fourth-order valence-corrected chi connectivity index (χ4v) is 5.74. The first-order chi connectivity index (χ1) is 7.95. The van der Waals surface area contributed by atoms with Crippen molar-refractivity contribution in [2.24, 2.45) is 0 Å². The second-order valence-corrected chi connectivity index (χ2v) is 10.3. The minimum atomic E-state index is -1.83. The molecule has 1 aromatic rings. The number of rotatable bonds is 5. The average molecular weight is 252 g/mol. The zero-order chi connectivity index (χ0) is 12.9. The van der Waals surface area contributed by atoms with Crippen molar-refractivity contribution in [2.45, 2.75) is 32.9 Å². The van der Waals surface area contributed by atoms with Gasteiger partial charge in [-0.15, -0.1) is 0 Å². The molecule has 0 spiro atoms. The second-order valence-electron chi connectivity index (χ2n) is 5.51. The van der Waals surface area contributed by atoms with Crippen molar-refractivity contribution >= 4 is 7.49 Å². The Kier molecular flexibility index (Phi) is 4.77. The summed E-state index contributed by atoms with van der Waals surface area (Å²) in [5.74, 6) is 0.998. The van der Waals surface area contributed by atoms with E-state index in [-0.39, 0.29) is 5.16 Å². The Morgan fingerprint density at radius 1 is 1.24 bits per heavy atom. The molecule has 1 nitrogen and oxygen atoms in total. The Morgan fingerprint density at radius 2 is 1.82 bits per heavy atom. The summed E-state index contributed by atoms with van der Waals surface area (Å²) in [6.45, 7) is 13.0. The van der Waals surface area contributed by atoms with E-state index in [1.54, 1.807) is 0 Å². The van der Waals surface area contributed by atoms with Crippen LogP contribution in [0.4, 0.5) is 0 Å². The van der Waals surface area contributed by atoms with E-state index in [0.29, 0.717) is 0 Å². The molecule has 96 valence electrons. The van der Waals surface area contributed by atoms with Gasteiger partial charge in [0.05, 0.1) is 0 Å². The molecule has 0 aliphatic heterocycles. The fourth-order valence-electron chi connectivity index (χ4n) is 2.20. The third-order valence-corrected chi connectivity index (χ3v) is 8.92. The summed E-state index contributed by atoms with van der Waals surface area (Å²) in [5, 5.41) is 0.214. The molecule has 0 saturated heterocycles. The normalized spacial score (nSPS) is 13.2. The standard InChI is InChI=1S/C15H25OP/c1-6-13-17(7-2,15(3,4)5)16-14-11-9-8-10-12-14/h6,8-12,17H,1,7,13H2,2-5H3. The minimum absolute atomic E-state index is 0.214. The molecular formula is C15H25OP. The summed E-state index contributed by atoms with van der Waals surface area (Å²) in [4.78, 5) is 0. The third kappa shape index (κ3) is 3.33. The van der Waals surface area contributed by atoms with Gasteiger partial charge in [-0.25, -0.2) is 0 Å². The Labute approximate surface area is 106 Å². The van der Waals surface area contributed by atoms with Gasteiger partial charge < -0.3 is 0 Å². The molecule has 2 heteroatoms. The van der Waals surface area contributed by atoms with Gasteiger partial charge in [-0.1, -0.05) is 0 Å². The topological polar surface area (TPSA) is 9.23 Å². The summed E-state index contributed by atoms with van der Waals surface area (Å²) in [6, 6.07) is 10.2. The van der Waals surface area contributed by atoms with Crippen LogP contribution >= 0.6 is 7.49 Å². The van der Waals surface area contributed by atoms with E-state index in [1.165, 1.54) is 0 Å². The van der Waals surface area contributed by atoms with E-state index in [4.69, 9.17) is 4.52 Å². The van der Waals surface area contributed by atoms with Crippen LogP contribution < -0.4 is 4.52 Å². The molecule has 0 atom stereocenters. The van der Waals surface area contributed by atoms with Crippen LogP contribution in [0.1, 0.15) is 27.7 Å². The Bertz CT molecular complexity index is 353. The molecule has 0 bridgehead atoms. The van der Waals surface area contributed by atoms with E-state index in [1.807, 2.05) is 36.4 Å². The number of hydrogen-bond donors (Lipinski definition) is 0. The fraction of sp³-hybridized carbons (Fsp3) is 0.467. The van der Waals surface area contributed by atoms with Crippen LogP contribution in [0.3, 0.4) is 0 Å². The summed E-state index contributed by atoms with van der Waals surface area (Å²) in [6.07, 6.45) is 4.13. The van der Waals surface area contributed by atoms with Crippen LogP contribution in [-0.2, 0) is 0 Å². The predicted octanol–water partition coefficient (Wildman–Crippen LogP) is 4.73. The summed E-state index contributed by atoms with van der Waals surface area (Å²) < 4.78 is 6.42. The molecule has 0 aromatic heterocycles. The summed E-state index contributed by atoms with van der Waals surface area (Å²) in [7, 11) is -1.83. The number of allylic oxidation sites excluding steroid dienone is 1. The van der Waals surface area contributed by atoms with Crippen LogP contribution in [0, 0.1) is 0 Å². The summed E-state index contributed by atoms with van der Waals surface area (Å²) >= 11 is 0. The van der Waals surface area contributed by atoms with Crippen molar-refractivity contribution < 1.29 is 4.52 Å². The van der Waals surface area contributed by atoms with Gasteiger partial charge in [0.25, 0.3) is 0 Å². The molecule has 0 radical (unpaired) electrons. The van der Waals surface area contributed by atoms with Crippen LogP contribution in [0.25, 0.3) is 0 Å². The van der Waals surface area contributed by atoms with Crippen molar-refractivity contribution in [3.8, 4) is 5.75 Å². The van der Waals surface area contributed by atoms with Crippen LogP contribution in [0.2, 0.25) is 0 Å². The van der Waals surface area contributed by atoms with Crippen LogP contribution in [0.15, 0.2) is 43.0 Å². The van der Waals surface area contributed by atoms with Crippen molar-refractivity contribution in [1.82, 2.24) is 0 Å². The Balaban J connectivity index is 3.02. The maximum absolute atomic E-state index is 6.42. The molecule has 0 amide bonds. The average Bonchev–Trinajstić information content (AvgIpc) is 2.28. The van der Waals surface area contributed by atoms with Crippen molar-refractivity contribution in [3.63, 3.8) is 0 Å². The van der Waals surface area contributed by atoms with Crippen LogP contribution in [-0.4, -0.2) is 17.5 Å². The SMILES string of the molecule is C=CC[PH](CC)(Oc1ccccc1)C(C)(C)C. The van der Waals surface area contributed by atoms with Gasteiger partial charge in [0, 0.05) is 0 Å². The quantitative estimate of drug-likeness (QED) is 0.543. The van der Waals surface area contributed by atoms with Crippen LogP contribution in [0.5, 0.6) is 5.75 Å². The molecule has 0 aliphatic rings. The van der Waals surface area contributed by atoms with E-state index >= 15 is 0 Å². The van der Waals surface area contributed by atoms with E-state index in [2.05, 4.69) is 34.3 Å². The molecule has 1 aromatic carbocycles. The number of benzene rings is 1. The Hall–Kier alpha value is -0.810. The first kappa shape index (κ1) is 14.3. The molecule has 0 N–H and O–H groups in total. The molecular weight excluding hydrogens is 227 g/mol. The predicted molar refractivity (Wildman–Crippen MR) is 80.7 cm³/mol. The van der Waals surface area contributed by atoms with Crippen molar-refractivity contribution in [1.29, 1.82) is 0 Å². The molecule has 0 heterocycles. The van der Waals surface area contributed by atoms with Gasteiger partial charge in [0.2, 0.25) is 0 Å². The van der Waals surface area contributed by atoms with Gasteiger partial charge in [-0.05, 0) is 0 Å². The number of para-hydroxylation sites is 1. The van der Waals surface area contributed by atoms with E-state index in [0.717, 1.165) is 18.1 Å². The van der Waals surface area contributed by atoms with Gasteiger partial charge in [-0.3, -0.25) is 0 Å². The summed E-state index contributed by atoms with van der Waals surface area (Å²) in [5.41, 5.74) is 0. The first-order valence-corrected chi connectivity index (χ1v) is 8.62. The van der Waals surface area contributed by atoms with Gasteiger partial charge in [-0.2, -0.15) is 0 Å². The van der Waals surface area contributed by atoms with Gasteiger partial charge in [0.15, 0.2) is 0 Å². The monoisotopic (exact) mass is 252 g/mol.